The van der Waals surface area contributed by atoms with E-state index >= 15 is 0 Å². The van der Waals surface area contributed by atoms with Crippen molar-refractivity contribution in [2.75, 3.05) is 13.2 Å². The minimum atomic E-state index is -0.346. The van der Waals surface area contributed by atoms with Crippen LogP contribution < -0.4 is 0 Å². The fourth-order valence-corrected chi connectivity index (χ4v) is 3.17. The van der Waals surface area contributed by atoms with Crippen LogP contribution in [0.5, 0.6) is 0 Å². The van der Waals surface area contributed by atoms with Crippen LogP contribution in [0.2, 0.25) is 0 Å². The van der Waals surface area contributed by atoms with Crippen molar-refractivity contribution in [3.63, 3.8) is 0 Å². The summed E-state index contributed by atoms with van der Waals surface area (Å²) in [5.74, 6) is 0. The van der Waals surface area contributed by atoms with Crippen LogP contribution >= 0.6 is 11.8 Å². The summed E-state index contributed by atoms with van der Waals surface area (Å²) >= 11 is 4.66. The van der Waals surface area contributed by atoms with Gasteiger partial charge in [-0.05, 0) is 0 Å². The fourth-order valence-electron chi connectivity index (χ4n) is 1.66. The number of benzene rings is 1. The van der Waals surface area contributed by atoms with Gasteiger partial charge < -0.3 is 0 Å². The van der Waals surface area contributed by atoms with Crippen molar-refractivity contribution in [2.24, 2.45) is 0 Å². The summed E-state index contributed by atoms with van der Waals surface area (Å²) in [6.07, 6.45) is 2.02. The Morgan fingerprint density at radius 2 is 1.85 bits per heavy atom. The third kappa shape index (κ3) is 5.95. The van der Waals surface area contributed by atoms with Crippen molar-refractivity contribution in [1.82, 2.24) is 0 Å². The first-order valence-corrected chi connectivity index (χ1v) is 8.20. The molecular formula is C16H22CrO2S. The Morgan fingerprint density at radius 1 is 1.20 bits per heavy atom. The third-order valence-electron chi connectivity index (χ3n) is 2.61. The molecule has 0 bridgehead atoms. The maximum atomic E-state index is 5.87. The Labute approximate surface area is 134 Å². The second-order valence-corrected chi connectivity index (χ2v) is 6.36. The van der Waals surface area contributed by atoms with Crippen LogP contribution in [0.15, 0.2) is 46.2 Å². The van der Waals surface area contributed by atoms with Gasteiger partial charge in [0.1, 0.15) is 0 Å². The van der Waals surface area contributed by atoms with Crippen molar-refractivity contribution in [2.45, 2.75) is 38.2 Å². The molecule has 0 fully saturated rings. The molecule has 0 aliphatic rings. The van der Waals surface area contributed by atoms with E-state index in [2.05, 4.69) is 41.8 Å². The third-order valence-corrected chi connectivity index (χ3v) is 4.31. The SMILES string of the molecule is CCO[C](=[Cr])/C=C(\Sc1ccccc1)C(C)(C)OCC. The van der Waals surface area contributed by atoms with Gasteiger partial charge in [-0.25, -0.2) is 0 Å². The summed E-state index contributed by atoms with van der Waals surface area (Å²) in [4.78, 5) is 2.31. The van der Waals surface area contributed by atoms with Gasteiger partial charge in [-0.3, -0.25) is 0 Å². The van der Waals surface area contributed by atoms with E-state index in [9.17, 15) is 0 Å². The Hall–Kier alpha value is -0.368. The van der Waals surface area contributed by atoms with Crippen molar-refractivity contribution >= 4 is 16.3 Å². The molecule has 0 N–H and O–H groups in total. The molecule has 0 aromatic heterocycles. The Bertz CT molecular complexity index is 455. The summed E-state index contributed by atoms with van der Waals surface area (Å²) in [6.45, 7) is 9.48. The first-order valence-electron chi connectivity index (χ1n) is 6.75. The number of ether oxygens (including phenoxy) is 2. The van der Waals surface area contributed by atoms with Crippen molar-refractivity contribution in [1.29, 1.82) is 0 Å². The molecule has 0 atom stereocenters. The van der Waals surface area contributed by atoms with E-state index in [-0.39, 0.29) is 5.60 Å². The topological polar surface area (TPSA) is 18.5 Å². The molecule has 0 aliphatic heterocycles. The molecule has 0 spiro atoms. The predicted octanol–water partition coefficient (Wildman–Crippen LogP) is 4.19. The van der Waals surface area contributed by atoms with E-state index in [0.717, 1.165) is 9.47 Å². The zero-order valence-electron chi connectivity index (χ0n) is 12.5. The molecule has 2 nitrogen and oxygen atoms in total. The van der Waals surface area contributed by atoms with Gasteiger partial charge >= 0.3 is 134 Å². The number of thioether (sulfide) groups is 1. The predicted molar refractivity (Wildman–Crippen MR) is 82.7 cm³/mol. The van der Waals surface area contributed by atoms with Crippen LogP contribution in [0.3, 0.4) is 0 Å². The average molecular weight is 330 g/mol. The molecule has 0 unspecified atom stereocenters. The second kappa shape index (κ2) is 8.82. The van der Waals surface area contributed by atoms with Gasteiger partial charge in [-0.1, -0.05) is 0 Å². The van der Waals surface area contributed by atoms with Gasteiger partial charge in [-0.2, -0.15) is 0 Å². The minimum absolute atomic E-state index is 0.346. The van der Waals surface area contributed by atoms with E-state index in [4.69, 9.17) is 9.47 Å². The first-order chi connectivity index (χ1) is 9.49. The van der Waals surface area contributed by atoms with E-state index in [0.29, 0.717) is 13.2 Å². The zero-order valence-corrected chi connectivity index (χ0v) is 14.6. The normalized spacial score (nSPS) is 12.5. The molecule has 0 radical (unpaired) electrons. The average Bonchev–Trinajstić information content (AvgIpc) is 2.39. The van der Waals surface area contributed by atoms with Crippen molar-refractivity contribution < 1.29 is 25.3 Å². The Balaban J connectivity index is 2.98. The molecule has 0 amide bonds. The molecule has 0 heterocycles. The molecule has 1 rings (SSSR count). The summed E-state index contributed by atoms with van der Waals surface area (Å²) in [5, 5.41) is 0. The Kier molecular flexibility index (Phi) is 7.80. The van der Waals surface area contributed by atoms with Gasteiger partial charge in [0.2, 0.25) is 0 Å². The Morgan fingerprint density at radius 3 is 2.40 bits per heavy atom. The molecule has 0 saturated heterocycles. The molecule has 4 heteroatoms. The van der Waals surface area contributed by atoms with Crippen molar-refractivity contribution in [3.05, 3.63) is 41.3 Å². The van der Waals surface area contributed by atoms with Gasteiger partial charge in [0.05, 0.1) is 0 Å². The monoisotopic (exact) mass is 330 g/mol. The maximum absolute atomic E-state index is 5.87. The van der Waals surface area contributed by atoms with E-state index in [1.807, 2.05) is 38.1 Å². The van der Waals surface area contributed by atoms with Crippen LogP contribution in [0.25, 0.3) is 0 Å². The summed E-state index contributed by atoms with van der Waals surface area (Å²) in [5.41, 5.74) is -0.346. The van der Waals surface area contributed by atoms with Crippen LogP contribution in [-0.4, -0.2) is 23.4 Å². The molecule has 1 aromatic rings. The van der Waals surface area contributed by atoms with Gasteiger partial charge in [0, 0.05) is 0 Å². The molecular weight excluding hydrogens is 308 g/mol. The van der Waals surface area contributed by atoms with Crippen LogP contribution in [-0.2, 0) is 25.3 Å². The first kappa shape index (κ1) is 17.7. The van der Waals surface area contributed by atoms with E-state index in [1.165, 1.54) is 4.90 Å². The fraction of sp³-hybridized carbons (Fsp3) is 0.438. The van der Waals surface area contributed by atoms with Gasteiger partial charge in [0.15, 0.2) is 0 Å². The quantitative estimate of drug-likeness (QED) is 0.666. The second-order valence-electron chi connectivity index (χ2n) is 4.62. The summed E-state index contributed by atoms with van der Waals surface area (Å²) in [6, 6.07) is 10.3. The van der Waals surface area contributed by atoms with Crippen LogP contribution in [0.1, 0.15) is 27.7 Å². The molecule has 20 heavy (non-hydrogen) atoms. The molecule has 0 saturated carbocycles. The standard InChI is InChI=1S/C16H22O2S.Cr/c1-5-17-13-12-15(16(3,4)18-6-2)19-14-10-8-7-9-11-14;/h7-12H,5-6H2,1-4H3;/b15-12-;. The van der Waals surface area contributed by atoms with Gasteiger partial charge in [0.25, 0.3) is 0 Å². The number of rotatable bonds is 8. The van der Waals surface area contributed by atoms with Gasteiger partial charge in [-0.15, -0.1) is 0 Å². The molecule has 0 aliphatic carbocycles. The summed E-state index contributed by atoms with van der Waals surface area (Å²) in [7, 11) is 0. The molecule has 1 aromatic carbocycles. The van der Waals surface area contributed by atoms with E-state index in [1.54, 1.807) is 11.8 Å². The van der Waals surface area contributed by atoms with Crippen molar-refractivity contribution in [3.8, 4) is 0 Å². The van der Waals surface area contributed by atoms with Crippen LogP contribution in [0, 0.1) is 0 Å². The van der Waals surface area contributed by atoms with Crippen LogP contribution in [0.4, 0.5) is 0 Å². The molecule has 110 valence electrons. The zero-order chi connectivity index (χ0) is 15.0. The number of hydrogen-bond donors (Lipinski definition) is 0. The number of hydrogen-bond acceptors (Lipinski definition) is 3. The van der Waals surface area contributed by atoms with E-state index < -0.39 is 0 Å². The summed E-state index contributed by atoms with van der Waals surface area (Å²) < 4.78 is 12.2.